The third-order valence-corrected chi connectivity index (χ3v) is 3.58. The molecule has 0 bridgehead atoms. The van der Waals surface area contributed by atoms with Crippen LogP contribution in [0.1, 0.15) is 5.69 Å². The molecule has 0 atom stereocenters. The molecule has 1 aliphatic heterocycles. The van der Waals surface area contributed by atoms with E-state index in [-0.39, 0.29) is 6.54 Å². The van der Waals surface area contributed by atoms with E-state index in [1.54, 1.807) is 7.11 Å². The zero-order chi connectivity index (χ0) is 13.4. The minimum Gasteiger partial charge on any atom is -0.497 e. The number of carboxylic acid groups (broad SMARTS) is 1. The Bertz CT molecular complexity index is 633. The summed E-state index contributed by atoms with van der Waals surface area (Å²) in [5, 5.41) is 10.0. The van der Waals surface area contributed by atoms with E-state index in [2.05, 4.69) is 16.7 Å². The zero-order valence-electron chi connectivity index (χ0n) is 10.8. The maximum absolute atomic E-state index is 10.8. The van der Waals surface area contributed by atoms with Crippen LogP contribution in [-0.2, 0) is 17.9 Å². The van der Waals surface area contributed by atoms with Gasteiger partial charge >= 0.3 is 5.97 Å². The van der Waals surface area contributed by atoms with Crippen molar-refractivity contribution in [3.8, 4) is 5.75 Å². The SMILES string of the molecule is COc1ccc2c(c1)cc1n2CCN(CC(=O)O)C1. The monoisotopic (exact) mass is 260 g/mol. The fourth-order valence-electron chi connectivity index (χ4n) is 2.70. The lowest BCUT2D eigenvalue weighted by atomic mass is 10.2. The number of fused-ring (bicyclic) bond motifs is 3. The fraction of sp³-hybridized carbons (Fsp3) is 0.357. The van der Waals surface area contributed by atoms with Crippen molar-refractivity contribution in [2.45, 2.75) is 13.1 Å². The lowest BCUT2D eigenvalue weighted by Crippen LogP contribution is -2.36. The Hall–Kier alpha value is -2.01. The molecular formula is C14H16N2O3. The summed E-state index contributed by atoms with van der Waals surface area (Å²) in [7, 11) is 1.66. The van der Waals surface area contributed by atoms with Crippen LogP contribution in [0.15, 0.2) is 24.3 Å². The number of methoxy groups -OCH3 is 1. The third kappa shape index (κ3) is 2.17. The van der Waals surface area contributed by atoms with Crippen molar-refractivity contribution in [3.63, 3.8) is 0 Å². The van der Waals surface area contributed by atoms with Crippen LogP contribution in [0.2, 0.25) is 0 Å². The Labute approximate surface area is 111 Å². The quantitative estimate of drug-likeness (QED) is 0.909. The minimum atomic E-state index is -0.772. The molecule has 1 aromatic heterocycles. The lowest BCUT2D eigenvalue weighted by molar-refractivity contribution is -0.138. The van der Waals surface area contributed by atoms with Gasteiger partial charge in [-0.25, -0.2) is 0 Å². The number of carboxylic acids is 1. The fourth-order valence-corrected chi connectivity index (χ4v) is 2.70. The molecule has 5 heteroatoms. The smallest absolute Gasteiger partial charge is 0.317 e. The van der Waals surface area contributed by atoms with E-state index in [0.717, 1.165) is 29.9 Å². The minimum absolute atomic E-state index is 0.102. The summed E-state index contributed by atoms with van der Waals surface area (Å²) >= 11 is 0. The molecular weight excluding hydrogens is 244 g/mol. The Morgan fingerprint density at radius 3 is 2.95 bits per heavy atom. The van der Waals surface area contributed by atoms with Gasteiger partial charge in [-0.2, -0.15) is 0 Å². The number of carbonyl (C=O) groups is 1. The summed E-state index contributed by atoms with van der Waals surface area (Å²) in [6.45, 7) is 2.39. The van der Waals surface area contributed by atoms with Gasteiger partial charge in [-0.1, -0.05) is 0 Å². The first-order valence-electron chi connectivity index (χ1n) is 6.27. The highest BCUT2D eigenvalue weighted by Gasteiger charge is 2.20. The highest BCUT2D eigenvalue weighted by Crippen LogP contribution is 2.27. The molecule has 0 spiro atoms. The largest absolute Gasteiger partial charge is 0.497 e. The molecule has 19 heavy (non-hydrogen) atoms. The van der Waals surface area contributed by atoms with Gasteiger partial charge in [-0.3, -0.25) is 9.69 Å². The van der Waals surface area contributed by atoms with Gasteiger partial charge in [0, 0.05) is 36.2 Å². The second-order valence-electron chi connectivity index (χ2n) is 4.82. The van der Waals surface area contributed by atoms with Crippen molar-refractivity contribution in [2.24, 2.45) is 0 Å². The Morgan fingerprint density at radius 1 is 1.37 bits per heavy atom. The zero-order valence-corrected chi connectivity index (χ0v) is 10.8. The van der Waals surface area contributed by atoms with Crippen LogP contribution in [-0.4, -0.2) is 40.7 Å². The first-order chi connectivity index (χ1) is 9.17. The van der Waals surface area contributed by atoms with Crippen LogP contribution < -0.4 is 4.74 Å². The summed E-state index contributed by atoms with van der Waals surface area (Å²) in [6.07, 6.45) is 0. The van der Waals surface area contributed by atoms with Crippen LogP contribution in [0.4, 0.5) is 0 Å². The van der Waals surface area contributed by atoms with E-state index >= 15 is 0 Å². The standard InChI is InChI=1S/C14H16N2O3/c1-19-12-2-3-13-10(7-12)6-11-8-15(9-14(17)18)4-5-16(11)13/h2-3,6-7H,4-5,8-9H2,1H3,(H,17,18). The first-order valence-corrected chi connectivity index (χ1v) is 6.27. The number of hydrogen-bond donors (Lipinski definition) is 1. The van der Waals surface area contributed by atoms with Crippen molar-refractivity contribution in [1.82, 2.24) is 9.47 Å². The number of hydrogen-bond acceptors (Lipinski definition) is 3. The Kier molecular flexibility index (Phi) is 2.91. The van der Waals surface area contributed by atoms with Crippen molar-refractivity contribution in [2.75, 3.05) is 20.2 Å². The topological polar surface area (TPSA) is 54.7 Å². The van der Waals surface area contributed by atoms with Crippen LogP contribution in [0.5, 0.6) is 5.75 Å². The van der Waals surface area contributed by atoms with E-state index in [1.165, 1.54) is 5.52 Å². The van der Waals surface area contributed by atoms with Crippen LogP contribution in [0, 0.1) is 0 Å². The molecule has 5 nitrogen and oxygen atoms in total. The summed E-state index contributed by atoms with van der Waals surface area (Å²) < 4.78 is 7.49. The van der Waals surface area contributed by atoms with E-state index < -0.39 is 5.97 Å². The van der Waals surface area contributed by atoms with E-state index in [9.17, 15) is 4.79 Å². The van der Waals surface area contributed by atoms with E-state index in [0.29, 0.717) is 6.54 Å². The third-order valence-electron chi connectivity index (χ3n) is 3.58. The van der Waals surface area contributed by atoms with Crippen molar-refractivity contribution >= 4 is 16.9 Å². The Morgan fingerprint density at radius 2 is 2.21 bits per heavy atom. The summed E-state index contributed by atoms with van der Waals surface area (Å²) in [5.74, 6) is 0.0732. The molecule has 0 saturated carbocycles. The number of rotatable bonds is 3. The molecule has 0 fully saturated rings. The average Bonchev–Trinajstić information content (AvgIpc) is 2.74. The molecule has 0 saturated heterocycles. The molecule has 1 aromatic carbocycles. The van der Waals surface area contributed by atoms with Crippen molar-refractivity contribution in [1.29, 1.82) is 0 Å². The average molecular weight is 260 g/mol. The first kappa shape index (κ1) is 12.0. The molecule has 1 aliphatic rings. The van der Waals surface area contributed by atoms with Crippen LogP contribution in [0.25, 0.3) is 10.9 Å². The van der Waals surface area contributed by atoms with Gasteiger partial charge in [0.1, 0.15) is 5.75 Å². The molecule has 0 aliphatic carbocycles. The number of ether oxygens (including phenoxy) is 1. The van der Waals surface area contributed by atoms with E-state index in [4.69, 9.17) is 9.84 Å². The van der Waals surface area contributed by atoms with Gasteiger partial charge in [-0.15, -0.1) is 0 Å². The predicted octanol–water partition coefficient (Wildman–Crippen LogP) is 1.55. The van der Waals surface area contributed by atoms with Gasteiger partial charge in [0.2, 0.25) is 0 Å². The highest BCUT2D eigenvalue weighted by atomic mass is 16.5. The van der Waals surface area contributed by atoms with Crippen LogP contribution in [0.3, 0.4) is 0 Å². The van der Waals surface area contributed by atoms with Crippen molar-refractivity contribution in [3.05, 3.63) is 30.0 Å². The number of aliphatic carboxylic acids is 1. The molecule has 0 unspecified atom stereocenters. The number of aromatic nitrogens is 1. The van der Waals surface area contributed by atoms with Gasteiger partial charge < -0.3 is 14.4 Å². The predicted molar refractivity (Wildman–Crippen MR) is 71.4 cm³/mol. The second kappa shape index (κ2) is 4.59. The molecule has 2 aromatic rings. The van der Waals surface area contributed by atoms with Gasteiger partial charge in [0.15, 0.2) is 0 Å². The maximum atomic E-state index is 10.8. The van der Waals surface area contributed by atoms with Gasteiger partial charge in [-0.05, 0) is 24.3 Å². The molecule has 2 heterocycles. The molecule has 3 rings (SSSR count). The molecule has 0 amide bonds. The molecule has 100 valence electrons. The van der Waals surface area contributed by atoms with Gasteiger partial charge in [0.05, 0.1) is 13.7 Å². The second-order valence-corrected chi connectivity index (χ2v) is 4.82. The normalized spacial score (nSPS) is 15.4. The van der Waals surface area contributed by atoms with Crippen LogP contribution >= 0.6 is 0 Å². The summed E-state index contributed by atoms with van der Waals surface area (Å²) in [6, 6.07) is 8.15. The Balaban J connectivity index is 1.95. The number of nitrogens with zero attached hydrogens (tertiary/aromatic N) is 2. The van der Waals surface area contributed by atoms with Crippen molar-refractivity contribution < 1.29 is 14.6 Å². The summed E-state index contributed by atoms with van der Waals surface area (Å²) in [4.78, 5) is 12.7. The number of benzene rings is 1. The van der Waals surface area contributed by atoms with Gasteiger partial charge in [0.25, 0.3) is 0 Å². The summed E-state index contributed by atoms with van der Waals surface area (Å²) in [5.41, 5.74) is 2.35. The maximum Gasteiger partial charge on any atom is 0.317 e. The highest BCUT2D eigenvalue weighted by molar-refractivity contribution is 5.83. The van der Waals surface area contributed by atoms with E-state index in [1.807, 2.05) is 17.0 Å². The molecule has 0 radical (unpaired) electrons. The molecule has 1 N–H and O–H groups in total. The lowest BCUT2D eigenvalue weighted by Gasteiger charge is -2.27.